The molecular weight excluding hydrogens is 554 g/mol. The van der Waals surface area contributed by atoms with Gasteiger partial charge in [0, 0.05) is 48.4 Å². The van der Waals surface area contributed by atoms with Gasteiger partial charge < -0.3 is 9.64 Å². The van der Waals surface area contributed by atoms with E-state index in [1.807, 2.05) is 36.1 Å². The molecule has 214 valence electrons. The van der Waals surface area contributed by atoms with E-state index in [4.69, 9.17) is 21.3 Å². The lowest BCUT2D eigenvalue weighted by Gasteiger charge is -2.37. The molecule has 0 saturated carbocycles. The Labute approximate surface area is 251 Å². The lowest BCUT2D eigenvalue weighted by atomic mass is 9.82. The zero-order valence-corrected chi connectivity index (χ0v) is 25.7. The highest BCUT2D eigenvalue weighted by Crippen LogP contribution is 2.40. The Balaban J connectivity index is 1.43. The summed E-state index contributed by atoms with van der Waals surface area (Å²) in [5.41, 5.74) is 4.17. The number of fused-ring (bicyclic) bond motifs is 3. The summed E-state index contributed by atoms with van der Waals surface area (Å²) in [6, 6.07) is 7.32. The SMILES string of the molecule is Cc1c(C#CC2CCOCC2)sc2c1C(c1ccc(Cl)cc1)=N[C@@H](CC(=O)N1CCC(C)(C)CC1)c1nnc(C)n1-2. The summed E-state index contributed by atoms with van der Waals surface area (Å²) in [6.07, 6.45) is 4.19. The number of nitrogens with zero attached hydrogens (tertiary/aromatic N) is 5. The molecular formula is C32H36ClN5O2S. The first kappa shape index (κ1) is 28.1. The third kappa shape index (κ3) is 5.73. The van der Waals surface area contributed by atoms with Crippen LogP contribution in [0.5, 0.6) is 0 Å². The van der Waals surface area contributed by atoms with Gasteiger partial charge in [-0.2, -0.15) is 0 Å². The molecule has 6 rings (SSSR count). The molecule has 1 atom stereocenters. The second-order valence-electron chi connectivity index (χ2n) is 12.1. The highest BCUT2D eigenvalue weighted by atomic mass is 35.5. The van der Waals surface area contributed by atoms with Gasteiger partial charge in [-0.25, -0.2) is 0 Å². The first-order valence-corrected chi connectivity index (χ1v) is 15.7. The molecule has 0 N–H and O–H groups in total. The van der Waals surface area contributed by atoms with E-state index in [-0.39, 0.29) is 17.7 Å². The second-order valence-corrected chi connectivity index (χ2v) is 13.5. The number of carbonyl (C=O) groups excluding carboxylic acids is 1. The number of rotatable bonds is 3. The van der Waals surface area contributed by atoms with E-state index >= 15 is 0 Å². The highest BCUT2D eigenvalue weighted by Gasteiger charge is 2.35. The van der Waals surface area contributed by atoms with Crippen LogP contribution in [0, 0.1) is 37.0 Å². The van der Waals surface area contributed by atoms with Crippen LogP contribution < -0.4 is 0 Å². The number of aromatic nitrogens is 3. The van der Waals surface area contributed by atoms with E-state index in [0.29, 0.717) is 16.8 Å². The van der Waals surface area contributed by atoms with E-state index in [2.05, 4.69) is 47.4 Å². The number of aryl methyl sites for hydroxylation is 1. The van der Waals surface area contributed by atoms with E-state index < -0.39 is 6.04 Å². The molecule has 5 heterocycles. The fraction of sp³-hybridized carbons (Fsp3) is 0.500. The van der Waals surface area contributed by atoms with Crippen LogP contribution in [0.4, 0.5) is 0 Å². The van der Waals surface area contributed by atoms with Gasteiger partial charge in [0.05, 0.1) is 17.0 Å². The van der Waals surface area contributed by atoms with Crippen LogP contribution in [0.25, 0.3) is 5.00 Å². The molecule has 3 aliphatic heterocycles. The summed E-state index contributed by atoms with van der Waals surface area (Å²) in [5.74, 6) is 8.94. The smallest absolute Gasteiger partial charge is 0.225 e. The van der Waals surface area contributed by atoms with Crippen molar-refractivity contribution in [2.24, 2.45) is 16.3 Å². The van der Waals surface area contributed by atoms with Crippen LogP contribution in [-0.4, -0.2) is 57.6 Å². The molecule has 2 fully saturated rings. The Morgan fingerprint density at radius 1 is 1.12 bits per heavy atom. The van der Waals surface area contributed by atoms with Gasteiger partial charge in [0.15, 0.2) is 5.82 Å². The molecule has 2 saturated heterocycles. The Morgan fingerprint density at radius 3 is 2.54 bits per heavy atom. The maximum atomic E-state index is 13.6. The van der Waals surface area contributed by atoms with Gasteiger partial charge in [0.2, 0.25) is 5.91 Å². The van der Waals surface area contributed by atoms with Crippen LogP contribution in [0.1, 0.15) is 85.2 Å². The van der Waals surface area contributed by atoms with Gasteiger partial charge in [0.25, 0.3) is 0 Å². The zero-order chi connectivity index (χ0) is 28.7. The van der Waals surface area contributed by atoms with Crippen molar-refractivity contribution >= 4 is 34.6 Å². The van der Waals surface area contributed by atoms with Crippen LogP contribution in [-0.2, 0) is 9.53 Å². The predicted octanol–water partition coefficient (Wildman–Crippen LogP) is 6.31. The summed E-state index contributed by atoms with van der Waals surface area (Å²) >= 11 is 7.93. The molecule has 0 radical (unpaired) electrons. The van der Waals surface area contributed by atoms with E-state index in [1.165, 1.54) is 0 Å². The molecule has 0 bridgehead atoms. The number of thiophene rings is 1. The number of piperidine rings is 1. The van der Waals surface area contributed by atoms with Crippen molar-refractivity contribution in [2.45, 2.75) is 65.8 Å². The van der Waals surface area contributed by atoms with Gasteiger partial charge in [-0.15, -0.1) is 21.5 Å². The van der Waals surface area contributed by atoms with E-state index in [9.17, 15) is 4.79 Å². The third-order valence-electron chi connectivity index (χ3n) is 8.57. The Hall–Kier alpha value is -2.99. The average molecular weight is 590 g/mol. The fourth-order valence-corrected chi connectivity index (χ4v) is 7.16. The molecule has 1 amide bonds. The number of benzene rings is 1. The minimum atomic E-state index is -0.458. The van der Waals surface area contributed by atoms with Crippen LogP contribution >= 0.6 is 22.9 Å². The van der Waals surface area contributed by atoms with Gasteiger partial charge in [0.1, 0.15) is 16.9 Å². The van der Waals surface area contributed by atoms with Crippen molar-refractivity contribution < 1.29 is 9.53 Å². The van der Waals surface area contributed by atoms with Crippen LogP contribution in [0.3, 0.4) is 0 Å². The minimum Gasteiger partial charge on any atom is -0.381 e. The molecule has 0 spiro atoms. The maximum absolute atomic E-state index is 13.6. The van der Waals surface area contributed by atoms with Gasteiger partial charge >= 0.3 is 0 Å². The molecule has 3 aliphatic rings. The lowest BCUT2D eigenvalue weighted by Crippen LogP contribution is -2.41. The number of hydrogen-bond donors (Lipinski definition) is 0. The van der Waals surface area contributed by atoms with Crippen molar-refractivity contribution in [3.05, 3.63) is 62.5 Å². The normalized spacial score (nSPS) is 20.4. The Kier molecular flexibility index (Phi) is 7.80. The van der Waals surface area contributed by atoms with Gasteiger partial charge in [-0.3, -0.25) is 14.4 Å². The van der Waals surface area contributed by atoms with Gasteiger partial charge in [-0.05, 0) is 62.6 Å². The quantitative estimate of drug-likeness (QED) is 0.336. The summed E-state index contributed by atoms with van der Waals surface area (Å²) in [6.45, 7) is 11.7. The van der Waals surface area contributed by atoms with Crippen molar-refractivity contribution in [3.63, 3.8) is 0 Å². The molecule has 0 unspecified atom stereocenters. The first-order valence-electron chi connectivity index (χ1n) is 14.5. The van der Waals surface area contributed by atoms with Crippen LogP contribution in [0.2, 0.25) is 5.02 Å². The van der Waals surface area contributed by atoms with Crippen molar-refractivity contribution in [2.75, 3.05) is 26.3 Å². The summed E-state index contributed by atoms with van der Waals surface area (Å²) in [5, 5.41) is 10.7. The number of aliphatic imine (C=N–C) groups is 1. The number of amides is 1. The number of hydrogen-bond acceptors (Lipinski definition) is 6. The number of carbonyl (C=O) groups is 1. The lowest BCUT2D eigenvalue weighted by molar-refractivity contribution is -0.133. The third-order valence-corrected chi connectivity index (χ3v) is 10.0. The minimum absolute atomic E-state index is 0.113. The van der Waals surface area contributed by atoms with E-state index in [0.717, 1.165) is 90.1 Å². The largest absolute Gasteiger partial charge is 0.381 e. The molecule has 0 aliphatic carbocycles. The Bertz CT molecular complexity index is 1540. The standard InChI is InChI=1S/C32H36ClN5O2S/c1-20-26(10-5-22-11-17-40-18-12-22)41-31-28(20)29(23-6-8-24(33)9-7-23)34-25(30-36-35-21(2)38(30)31)19-27(39)37-15-13-32(3,4)14-16-37/h6-9,22,25H,11-19H2,1-4H3/t25-/m0/s1. The van der Waals surface area contributed by atoms with Crippen molar-refractivity contribution in [3.8, 4) is 16.8 Å². The first-order chi connectivity index (χ1) is 19.7. The van der Waals surface area contributed by atoms with Crippen molar-refractivity contribution in [1.82, 2.24) is 19.7 Å². The monoisotopic (exact) mass is 589 g/mol. The summed E-state index contributed by atoms with van der Waals surface area (Å²) in [4.78, 5) is 21.9. The van der Waals surface area contributed by atoms with Crippen molar-refractivity contribution in [1.29, 1.82) is 0 Å². The average Bonchev–Trinajstić information content (AvgIpc) is 3.45. The molecule has 2 aromatic heterocycles. The number of likely N-dealkylation sites (tertiary alicyclic amines) is 1. The maximum Gasteiger partial charge on any atom is 0.225 e. The number of ether oxygens (including phenoxy) is 1. The number of halogens is 1. The molecule has 7 nitrogen and oxygen atoms in total. The molecule has 3 aromatic rings. The second kappa shape index (κ2) is 11.4. The zero-order valence-electron chi connectivity index (χ0n) is 24.2. The topological polar surface area (TPSA) is 72.6 Å². The Morgan fingerprint density at radius 2 is 1.83 bits per heavy atom. The highest BCUT2D eigenvalue weighted by molar-refractivity contribution is 7.15. The predicted molar refractivity (Wildman–Crippen MR) is 163 cm³/mol. The molecule has 41 heavy (non-hydrogen) atoms. The van der Waals surface area contributed by atoms with Crippen LogP contribution in [0.15, 0.2) is 29.3 Å². The van der Waals surface area contributed by atoms with Gasteiger partial charge in [-0.1, -0.05) is 49.4 Å². The van der Waals surface area contributed by atoms with E-state index in [1.54, 1.807) is 11.3 Å². The summed E-state index contributed by atoms with van der Waals surface area (Å²) in [7, 11) is 0. The summed E-state index contributed by atoms with van der Waals surface area (Å²) < 4.78 is 7.61. The molecule has 1 aromatic carbocycles. The molecule has 9 heteroatoms. The fourth-order valence-electron chi connectivity index (χ4n) is 5.81.